The molecule has 3 heterocycles. The molecular formula is C27H29FN4O3S. The molecule has 1 aliphatic heterocycles. The second-order valence-electron chi connectivity index (χ2n) is 9.91. The number of hydrogen-bond donors (Lipinski definition) is 1. The van der Waals surface area contributed by atoms with Gasteiger partial charge in [0.1, 0.15) is 22.1 Å². The Morgan fingerprint density at radius 3 is 2.64 bits per heavy atom. The molecule has 1 saturated carbocycles. The summed E-state index contributed by atoms with van der Waals surface area (Å²) in [6.07, 6.45) is 6.07. The average molecular weight is 509 g/mol. The maximum absolute atomic E-state index is 13.5. The molecule has 1 aliphatic carbocycles. The molecule has 188 valence electrons. The van der Waals surface area contributed by atoms with Gasteiger partial charge in [0.25, 0.3) is 5.91 Å². The van der Waals surface area contributed by atoms with Gasteiger partial charge in [0.2, 0.25) is 5.91 Å². The summed E-state index contributed by atoms with van der Waals surface area (Å²) in [6.45, 7) is 6.65. The predicted octanol–water partition coefficient (Wildman–Crippen LogP) is 3.73. The van der Waals surface area contributed by atoms with Crippen molar-refractivity contribution in [3.05, 3.63) is 74.4 Å². The highest BCUT2D eigenvalue weighted by Crippen LogP contribution is 2.36. The summed E-state index contributed by atoms with van der Waals surface area (Å²) < 4.78 is 14.9. The molecule has 36 heavy (non-hydrogen) atoms. The van der Waals surface area contributed by atoms with Crippen LogP contribution in [0.15, 0.2) is 41.5 Å². The van der Waals surface area contributed by atoms with Crippen molar-refractivity contribution in [1.29, 1.82) is 0 Å². The third kappa shape index (κ3) is 4.36. The molecule has 1 unspecified atom stereocenters. The standard InChI is InChI=1S/C27H29FN4O3S/c1-4-29-26(35)27(3)15-31(13-18-5-6-18)25(34)22-16(2)23(33)21(14-32(22)27)24-30-12-20(36-24)11-17-7-9-19(28)10-8-17/h7-10,12,14,18H,4-6,11,13,15H2,1-3H3,(H,29,35). The van der Waals surface area contributed by atoms with Crippen LogP contribution in [-0.2, 0) is 16.8 Å². The number of fused-ring (bicyclic) bond motifs is 1. The van der Waals surface area contributed by atoms with Crippen LogP contribution in [-0.4, -0.2) is 45.9 Å². The summed E-state index contributed by atoms with van der Waals surface area (Å²) in [6, 6.07) is 6.29. The fourth-order valence-electron chi connectivity index (χ4n) is 4.83. The van der Waals surface area contributed by atoms with E-state index in [4.69, 9.17) is 0 Å². The van der Waals surface area contributed by atoms with Crippen molar-refractivity contribution in [1.82, 2.24) is 19.8 Å². The van der Waals surface area contributed by atoms with Gasteiger partial charge in [0.15, 0.2) is 5.43 Å². The van der Waals surface area contributed by atoms with Gasteiger partial charge >= 0.3 is 0 Å². The van der Waals surface area contributed by atoms with Crippen LogP contribution in [0.25, 0.3) is 10.6 Å². The molecule has 1 fully saturated rings. The van der Waals surface area contributed by atoms with Crippen LogP contribution < -0.4 is 10.7 Å². The third-order valence-electron chi connectivity index (χ3n) is 7.04. The van der Waals surface area contributed by atoms with Crippen molar-refractivity contribution >= 4 is 23.2 Å². The molecule has 1 N–H and O–H groups in total. The fourth-order valence-corrected chi connectivity index (χ4v) is 5.78. The van der Waals surface area contributed by atoms with E-state index in [1.165, 1.54) is 23.5 Å². The molecule has 0 spiro atoms. The van der Waals surface area contributed by atoms with E-state index in [2.05, 4.69) is 10.3 Å². The van der Waals surface area contributed by atoms with Gasteiger partial charge in [-0.3, -0.25) is 14.4 Å². The van der Waals surface area contributed by atoms with Crippen molar-refractivity contribution in [2.24, 2.45) is 5.92 Å². The van der Waals surface area contributed by atoms with Gasteiger partial charge in [-0.1, -0.05) is 12.1 Å². The number of halogens is 1. The lowest BCUT2D eigenvalue weighted by atomic mass is 9.92. The van der Waals surface area contributed by atoms with Crippen LogP contribution >= 0.6 is 11.3 Å². The molecule has 2 aromatic heterocycles. The first-order valence-corrected chi connectivity index (χ1v) is 13.1. The van der Waals surface area contributed by atoms with Crippen LogP contribution in [0.1, 0.15) is 53.2 Å². The van der Waals surface area contributed by atoms with Crippen molar-refractivity contribution in [3.63, 3.8) is 0 Å². The highest BCUT2D eigenvalue weighted by Gasteiger charge is 2.46. The molecular weight excluding hydrogens is 479 g/mol. The van der Waals surface area contributed by atoms with E-state index in [0.717, 1.165) is 23.3 Å². The Labute approximate surface area is 213 Å². The van der Waals surface area contributed by atoms with E-state index in [-0.39, 0.29) is 35.3 Å². The van der Waals surface area contributed by atoms with Gasteiger partial charge in [-0.25, -0.2) is 9.37 Å². The molecule has 1 aromatic carbocycles. The Morgan fingerprint density at radius 2 is 1.97 bits per heavy atom. The van der Waals surface area contributed by atoms with E-state index in [1.54, 1.807) is 40.9 Å². The number of nitrogens with one attached hydrogen (secondary N) is 1. The lowest BCUT2D eigenvalue weighted by Crippen LogP contribution is -2.60. The van der Waals surface area contributed by atoms with Crippen molar-refractivity contribution in [3.8, 4) is 10.6 Å². The number of carbonyl (C=O) groups is 2. The van der Waals surface area contributed by atoms with E-state index < -0.39 is 5.54 Å². The molecule has 0 radical (unpaired) electrons. The van der Waals surface area contributed by atoms with Crippen LogP contribution in [0, 0.1) is 18.7 Å². The summed E-state index contributed by atoms with van der Waals surface area (Å²) >= 11 is 1.38. The molecule has 2 amide bonds. The minimum Gasteiger partial charge on any atom is -0.354 e. The topological polar surface area (TPSA) is 84.3 Å². The molecule has 3 aromatic rings. The smallest absolute Gasteiger partial charge is 0.271 e. The van der Waals surface area contributed by atoms with Crippen molar-refractivity contribution < 1.29 is 14.0 Å². The first-order valence-electron chi connectivity index (χ1n) is 12.2. The minimum atomic E-state index is -1.06. The third-order valence-corrected chi connectivity index (χ3v) is 8.07. The van der Waals surface area contributed by atoms with Crippen molar-refractivity contribution in [2.45, 2.75) is 45.6 Å². The molecule has 0 bridgehead atoms. The van der Waals surface area contributed by atoms with E-state index in [0.29, 0.717) is 41.6 Å². The molecule has 2 aliphatic rings. The summed E-state index contributed by atoms with van der Waals surface area (Å²) in [5, 5.41) is 3.44. The van der Waals surface area contributed by atoms with Crippen LogP contribution in [0.3, 0.4) is 0 Å². The normalized spacial score (nSPS) is 19.3. The number of rotatable bonds is 7. The number of hydrogen-bond acceptors (Lipinski definition) is 5. The summed E-state index contributed by atoms with van der Waals surface area (Å²) in [5.41, 5.74) is 0.580. The first-order chi connectivity index (χ1) is 17.2. The van der Waals surface area contributed by atoms with Gasteiger partial charge < -0.3 is 14.8 Å². The number of benzene rings is 1. The monoisotopic (exact) mass is 508 g/mol. The second-order valence-corrected chi connectivity index (χ2v) is 11.0. The van der Waals surface area contributed by atoms with E-state index in [9.17, 15) is 18.8 Å². The zero-order valence-corrected chi connectivity index (χ0v) is 21.5. The number of thiazole rings is 1. The Kier molecular flexibility index (Phi) is 6.28. The Hall–Kier alpha value is -3.33. The van der Waals surface area contributed by atoms with Crippen LogP contribution in [0.2, 0.25) is 0 Å². The Balaban J connectivity index is 1.57. The van der Waals surface area contributed by atoms with Gasteiger partial charge in [-0.05, 0) is 57.2 Å². The zero-order valence-electron chi connectivity index (χ0n) is 20.6. The summed E-state index contributed by atoms with van der Waals surface area (Å²) in [7, 11) is 0. The number of carbonyl (C=O) groups excluding carboxylic acids is 2. The predicted molar refractivity (Wildman–Crippen MR) is 137 cm³/mol. The molecule has 0 saturated heterocycles. The lowest BCUT2D eigenvalue weighted by Gasteiger charge is -2.43. The van der Waals surface area contributed by atoms with Crippen molar-refractivity contribution in [2.75, 3.05) is 19.6 Å². The number of aromatic nitrogens is 2. The largest absolute Gasteiger partial charge is 0.354 e. The van der Waals surface area contributed by atoms with Crippen LogP contribution in [0.5, 0.6) is 0 Å². The molecule has 7 nitrogen and oxygen atoms in total. The quantitative estimate of drug-likeness (QED) is 0.527. The maximum Gasteiger partial charge on any atom is 0.271 e. The lowest BCUT2D eigenvalue weighted by molar-refractivity contribution is -0.130. The minimum absolute atomic E-state index is 0.190. The van der Waals surface area contributed by atoms with Gasteiger partial charge in [-0.2, -0.15) is 0 Å². The van der Waals surface area contributed by atoms with E-state index >= 15 is 0 Å². The van der Waals surface area contributed by atoms with Gasteiger partial charge in [0, 0.05) is 42.3 Å². The number of nitrogens with zero attached hydrogens (tertiary/aromatic N) is 3. The first kappa shape index (κ1) is 24.4. The average Bonchev–Trinajstić information content (AvgIpc) is 3.55. The van der Waals surface area contributed by atoms with Crippen LogP contribution in [0.4, 0.5) is 4.39 Å². The summed E-state index contributed by atoms with van der Waals surface area (Å²) in [4.78, 5) is 47.5. The van der Waals surface area contributed by atoms with E-state index in [1.807, 2.05) is 13.8 Å². The van der Waals surface area contributed by atoms with Gasteiger partial charge in [-0.15, -0.1) is 11.3 Å². The summed E-state index contributed by atoms with van der Waals surface area (Å²) in [5.74, 6) is -0.229. The highest BCUT2D eigenvalue weighted by atomic mass is 32.1. The molecule has 9 heteroatoms. The number of pyridine rings is 1. The highest BCUT2D eigenvalue weighted by molar-refractivity contribution is 7.15. The molecule has 1 atom stereocenters. The number of amides is 2. The molecule has 5 rings (SSSR count). The SMILES string of the molecule is CCNC(=O)C1(C)CN(CC2CC2)C(=O)c2c(C)c(=O)c(-c3ncc(Cc4ccc(F)cc4)s3)cn21. The zero-order chi connectivity index (χ0) is 25.6. The fraction of sp³-hybridized carbons (Fsp3) is 0.407. The Bertz CT molecular complexity index is 1390. The van der Waals surface area contributed by atoms with Gasteiger partial charge in [0.05, 0.1) is 12.1 Å². The number of likely N-dealkylation sites (N-methyl/N-ethyl adjacent to an activating group) is 1. The maximum atomic E-state index is 13.5. The second kappa shape index (κ2) is 9.28. The Morgan fingerprint density at radius 1 is 1.25 bits per heavy atom.